The van der Waals surface area contributed by atoms with Crippen LogP contribution in [0.3, 0.4) is 0 Å². The van der Waals surface area contributed by atoms with Crippen LogP contribution >= 0.6 is 15.9 Å². The molecule has 0 atom stereocenters. The van der Waals surface area contributed by atoms with E-state index in [2.05, 4.69) is 26.4 Å². The smallest absolute Gasteiger partial charge is 0.257 e. The Kier molecular flexibility index (Phi) is 4.11. The van der Waals surface area contributed by atoms with Crippen LogP contribution in [0.5, 0.6) is 0 Å². The third-order valence-corrected chi connectivity index (χ3v) is 3.73. The van der Waals surface area contributed by atoms with Crippen molar-refractivity contribution in [3.63, 3.8) is 0 Å². The van der Waals surface area contributed by atoms with E-state index in [-0.39, 0.29) is 5.91 Å². The first-order chi connectivity index (χ1) is 10.6. The molecule has 22 heavy (non-hydrogen) atoms. The second kappa shape index (κ2) is 6.19. The Bertz CT molecular complexity index is 776. The van der Waals surface area contributed by atoms with Crippen molar-refractivity contribution in [1.29, 1.82) is 0 Å². The molecule has 0 spiro atoms. The molecule has 6 heteroatoms. The van der Waals surface area contributed by atoms with Gasteiger partial charge in [-0.3, -0.25) is 4.79 Å². The summed E-state index contributed by atoms with van der Waals surface area (Å²) in [5, 5.41) is 6.72. The van der Waals surface area contributed by atoms with Gasteiger partial charge in [0.05, 0.1) is 18.5 Å². The average molecular weight is 361 g/mol. The minimum Gasteiger partial charge on any atom is -0.467 e. The molecule has 2 aromatic heterocycles. The number of hydrogen-bond donors (Lipinski definition) is 1. The standard InChI is InChI=1S/C16H13BrN2O3/c1-10-14(16(20)18-9-13-3-2-8-21-13)15(22-19-10)11-4-6-12(17)7-5-11/h2-8H,9H2,1H3,(H,18,20). The SMILES string of the molecule is Cc1noc(-c2ccc(Br)cc2)c1C(=O)NCc1ccco1. The van der Waals surface area contributed by atoms with Crippen LogP contribution in [0.2, 0.25) is 0 Å². The van der Waals surface area contributed by atoms with E-state index in [4.69, 9.17) is 8.94 Å². The molecule has 3 rings (SSSR count). The maximum absolute atomic E-state index is 12.4. The number of nitrogens with one attached hydrogen (secondary N) is 1. The Morgan fingerprint density at radius 3 is 2.73 bits per heavy atom. The number of nitrogens with zero attached hydrogens (tertiary/aromatic N) is 1. The van der Waals surface area contributed by atoms with Crippen molar-refractivity contribution in [2.45, 2.75) is 13.5 Å². The summed E-state index contributed by atoms with van der Waals surface area (Å²) in [7, 11) is 0. The second-order valence-corrected chi connectivity index (χ2v) is 5.66. The van der Waals surface area contributed by atoms with Gasteiger partial charge in [0, 0.05) is 10.0 Å². The van der Waals surface area contributed by atoms with Gasteiger partial charge in [-0.1, -0.05) is 21.1 Å². The van der Waals surface area contributed by atoms with E-state index in [9.17, 15) is 4.79 Å². The van der Waals surface area contributed by atoms with Crippen LogP contribution in [0, 0.1) is 6.92 Å². The highest BCUT2D eigenvalue weighted by molar-refractivity contribution is 9.10. The van der Waals surface area contributed by atoms with E-state index in [0.717, 1.165) is 10.0 Å². The minimum absolute atomic E-state index is 0.243. The normalized spacial score (nSPS) is 10.6. The third kappa shape index (κ3) is 2.96. The fourth-order valence-corrected chi connectivity index (χ4v) is 2.37. The van der Waals surface area contributed by atoms with Gasteiger partial charge in [-0.15, -0.1) is 0 Å². The number of amides is 1. The van der Waals surface area contributed by atoms with Crippen LogP contribution in [0.25, 0.3) is 11.3 Å². The minimum atomic E-state index is -0.243. The van der Waals surface area contributed by atoms with E-state index in [0.29, 0.717) is 29.3 Å². The molecule has 0 bridgehead atoms. The monoisotopic (exact) mass is 360 g/mol. The van der Waals surface area contributed by atoms with Crippen molar-refractivity contribution in [3.05, 3.63) is 64.2 Å². The molecule has 0 unspecified atom stereocenters. The Labute approximate surface area is 135 Å². The van der Waals surface area contributed by atoms with E-state index < -0.39 is 0 Å². The zero-order valence-electron chi connectivity index (χ0n) is 11.8. The number of benzene rings is 1. The van der Waals surface area contributed by atoms with E-state index in [1.807, 2.05) is 24.3 Å². The third-order valence-electron chi connectivity index (χ3n) is 3.20. The molecule has 0 aliphatic carbocycles. The average Bonchev–Trinajstić information content (AvgIpc) is 3.15. The van der Waals surface area contributed by atoms with Gasteiger partial charge in [-0.2, -0.15) is 0 Å². The number of aryl methyl sites for hydroxylation is 1. The number of halogens is 1. The lowest BCUT2D eigenvalue weighted by Gasteiger charge is -2.04. The van der Waals surface area contributed by atoms with Gasteiger partial charge in [-0.25, -0.2) is 0 Å². The molecule has 0 saturated heterocycles. The molecule has 0 saturated carbocycles. The van der Waals surface area contributed by atoms with Crippen molar-refractivity contribution in [2.24, 2.45) is 0 Å². The van der Waals surface area contributed by atoms with Gasteiger partial charge in [0.2, 0.25) is 0 Å². The number of aromatic nitrogens is 1. The summed E-state index contributed by atoms with van der Waals surface area (Å²) in [6.07, 6.45) is 1.57. The molecule has 3 aromatic rings. The second-order valence-electron chi connectivity index (χ2n) is 4.74. The van der Waals surface area contributed by atoms with Gasteiger partial charge in [0.25, 0.3) is 5.91 Å². The van der Waals surface area contributed by atoms with Crippen LogP contribution in [0.15, 0.2) is 56.1 Å². The highest BCUT2D eigenvalue weighted by Crippen LogP contribution is 2.27. The molecule has 0 aliphatic heterocycles. The Balaban J connectivity index is 1.85. The predicted octanol–water partition coefficient (Wildman–Crippen LogP) is 3.94. The highest BCUT2D eigenvalue weighted by atomic mass is 79.9. The van der Waals surface area contributed by atoms with Crippen LogP contribution in [-0.2, 0) is 6.54 Å². The quantitative estimate of drug-likeness (QED) is 0.765. The summed E-state index contributed by atoms with van der Waals surface area (Å²) in [5.41, 5.74) is 1.79. The van der Waals surface area contributed by atoms with Crippen molar-refractivity contribution in [3.8, 4) is 11.3 Å². The summed E-state index contributed by atoms with van der Waals surface area (Å²) in [6.45, 7) is 2.06. The van der Waals surface area contributed by atoms with Crippen molar-refractivity contribution >= 4 is 21.8 Å². The van der Waals surface area contributed by atoms with Crippen molar-refractivity contribution < 1.29 is 13.7 Å². The molecule has 0 radical (unpaired) electrons. The van der Waals surface area contributed by atoms with E-state index >= 15 is 0 Å². The Morgan fingerprint density at radius 2 is 2.05 bits per heavy atom. The number of hydrogen-bond acceptors (Lipinski definition) is 4. The van der Waals surface area contributed by atoms with Gasteiger partial charge in [0.15, 0.2) is 5.76 Å². The van der Waals surface area contributed by atoms with E-state index in [1.165, 1.54) is 0 Å². The molecule has 112 valence electrons. The van der Waals surface area contributed by atoms with Crippen molar-refractivity contribution in [1.82, 2.24) is 10.5 Å². The lowest BCUT2D eigenvalue weighted by molar-refractivity contribution is 0.0947. The van der Waals surface area contributed by atoms with Gasteiger partial charge in [-0.05, 0) is 43.3 Å². The van der Waals surface area contributed by atoms with Crippen LogP contribution < -0.4 is 5.32 Å². The summed E-state index contributed by atoms with van der Waals surface area (Å²) < 4.78 is 11.5. The summed E-state index contributed by atoms with van der Waals surface area (Å²) in [6, 6.07) is 11.1. The molecule has 5 nitrogen and oxygen atoms in total. The largest absolute Gasteiger partial charge is 0.467 e. The van der Waals surface area contributed by atoms with Gasteiger partial charge >= 0.3 is 0 Å². The molecular weight excluding hydrogens is 348 g/mol. The lowest BCUT2D eigenvalue weighted by Crippen LogP contribution is -2.23. The van der Waals surface area contributed by atoms with Crippen LogP contribution in [-0.4, -0.2) is 11.1 Å². The number of carbonyl (C=O) groups excluding carboxylic acids is 1. The maximum atomic E-state index is 12.4. The lowest BCUT2D eigenvalue weighted by atomic mass is 10.1. The fraction of sp³-hybridized carbons (Fsp3) is 0.125. The first kappa shape index (κ1) is 14.6. The topological polar surface area (TPSA) is 68.3 Å². The maximum Gasteiger partial charge on any atom is 0.257 e. The van der Waals surface area contributed by atoms with Gasteiger partial charge < -0.3 is 14.3 Å². The molecule has 0 aliphatic rings. The number of furan rings is 1. The fourth-order valence-electron chi connectivity index (χ4n) is 2.10. The van der Waals surface area contributed by atoms with Gasteiger partial charge in [0.1, 0.15) is 11.3 Å². The molecule has 2 heterocycles. The molecule has 0 fully saturated rings. The zero-order chi connectivity index (χ0) is 15.5. The van der Waals surface area contributed by atoms with Crippen molar-refractivity contribution in [2.75, 3.05) is 0 Å². The predicted molar refractivity (Wildman–Crippen MR) is 84.3 cm³/mol. The molecule has 1 aromatic carbocycles. The Morgan fingerprint density at radius 1 is 1.27 bits per heavy atom. The molecule has 1 N–H and O–H groups in total. The zero-order valence-corrected chi connectivity index (χ0v) is 13.4. The van der Waals surface area contributed by atoms with Crippen LogP contribution in [0.4, 0.5) is 0 Å². The number of carbonyl (C=O) groups is 1. The summed E-state index contributed by atoms with van der Waals surface area (Å²) in [5.74, 6) is 0.905. The highest BCUT2D eigenvalue weighted by Gasteiger charge is 2.21. The summed E-state index contributed by atoms with van der Waals surface area (Å²) in [4.78, 5) is 12.4. The molecular formula is C16H13BrN2O3. The van der Waals surface area contributed by atoms with E-state index in [1.54, 1.807) is 25.3 Å². The first-order valence-electron chi connectivity index (χ1n) is 6.68. The van der Waals surface area contributed by atoms with Crippen LogP contribution in [0.1, 0.15) is 21.8 Å². The first-order valence-corrected chi connectivity index (χ1v) is 7.47. The Hall–Kier alpha value is -2.34. The number of rotatable bonds is 4. The summed E-state index contributed by atoms with van der Waals surface area (Å²) >= 11 is 3.38. The molecule has 1 amide bonds.